The summed E-state index contributed by atoms with van der Waals surface area (Å²) in [4.78, 5) is 10.6. The summed E-state index contributed by atoms with van der Waals surface area (Å²) in [7, 11) is 0. The number of carboxylic acid groups (broad SMARTS) is 1. The van der Waals surface area contributed by atoms with E-state index in [9.17, 15) is 79.3 Å². The Balaban J connectivity index is 3.23. The summed E-state index contributed by atoms with van der Waals surface area (Å²) < 4.78 is 230. The van der Waals surface area contributed by atoms with Gasteiger partial charge in [0.1, 0.15) is 12.4 Å². The van der Waals surface area contributed by atoms with Gasteiger partial charge in [-0.15, -0.1) is 0 Å². The summed E-state index contributed by atoms with van der Waals surface area (Å²) in [6.45, 7) is -3.36. The molecule has 0 bridgehead atoms. The lowest BCUT2D eigenvalue weighted by Crippen LogP contribution is -2.74. The van der Waals surface area contributed by atoms with Gasteiger partial charge in [0, 0.05) is 0 Å². The van der Waals surface area contributed by atoms with Gasteiger partial charge in [0.05, 0.1) is 5.56 Å². The average molecular weight is 616 g/mol. The largest absolute Gasteiger partial charge is 0.478 e. The highest BCUT2D eigenvalue weighted by molar-refractivity contribution is 7.75. The Morgan fingerprint density at radius 2 is 1.13 bits per heavy atom. The van der Waals surface area contributed by atoms with Crippen LogP contribution in [0.1, 0.15) is 10.4 Å². The van der Waals surface area contributed by atoms with Crippen molar-refractivity contribution in [2.75, 3.05) is 6.61 Å². The van der Waals surface area contributed by atoms with E-state index in [0.29, 0.717) is 12.1 Å². The van der Waals surface area contributed by atoms with Crippen molar-refractivity contribution in [2.45, 2.75) is 47.9 Å². The van der Waals surface area contributed by atoms with Crippen molar-refractivity contribution in [2.24, 2.45) is 0 Å². The maximum Gasteiger partial charge on any atom is 0.384 e. The molecule has 0 amide bonds. The average Bonchev–Trinajstić information content (AvgIpc) is 2.77. The molecule has 0 fully saturated rings. The van der Waals surface area contributed by atoms with Crippen molar-refractivity contribution in [3.05, 3.63) is 29.8 Å². The van der Waals surface area contributed by atoms with Crippen LogP contribution in [0.15, 0.2) is 24.3 Å². The van der Waals surface area contributed by atoms with Gasteiger partial charge in [-0.1, -0.05) is 0 Å². The Morgan fingerprint density at radius 3 is 1.53 bits per heavy atom. The van der Waals surface area contributed by atoms with Crippen LogP contribution < -0.4 is 4.18 Å². The smallest absolute Gasteiger partial charge is 0.384 e. The second-order valence-corrected chi connectivity index (χ2v) is 7.69. The molecule has 0 heterocycles. The van der Waals surface area contributed by atoms with E-state index < -0.39 is 83.1 Å². The first-order valence-corrected chi connectivity index (χ1v) is 9.72. The molecule has 0 spiro atoms. The molecule has 0 saturated heterocycles. The summed E-state index contributed by atoms with van der Waals surface area (Å²) in [6, 6.07) is 2.77. The van der Waals surface area contributed by atoms with Gasteiger partial charge in [0.2, 0.25) is 0 Å². The molecule has 1 N–H and O–H groups in total. The van der Waals surface area contributed by atoms with E-state index >= 15 is 0 Å². The molecule has 38 heavy (non-hydrogen) atoms. The summed E-state index contributed by atoms with van der Waals surface area (Å²) in [6.07, 6.45) is -5.95. The molecule has 1 rings (SSSR count). The minimum absolute atomic E-state index is 0.438. The van der Waals surface area contributed by atoms with Gasteiger partial charge in [-0.3, -0.25) is 4.18 Å². The fraction of sp³-hybridized carbons (Fsp3) is 0.562. The van der Waals surface area contributed by atoms with Crippen molar-refractivity contribution in [3.63, 3.8) is 0 Å². The predicted octanol–water partition coefficient (Wildman–Crippen LogP) is 6.07. The highest BCUT2D eigenvalue weighted by Crippen LogP contribution is 2.62. The molecular formula is C16H8F16O5S. The first-order valence-electron chi connectivity index (χ1n) is 8.72. The van der Waals surface area contributed by atoms with Crippen molar-refractivity contribution < 1.29 is 92.7 Å². The van der Waals surface area contributed by atoms with Crippen molar-refractivity contribution >= 4 is 17.3 Å². The summed E-state index contributed by atoms with van der Waals surface area (Å²) in [5, 5.41) is 8.64. The number of benzene rings is 1. The number of carboxylic acids is 1. The van der Waals surface area contributed by atoms with E-state index in [0.717, 1.165) is 12.1 Å². The zero-order chi connectivity index (χ0) is 30.3. The summed E-state index contributed by atoms with van der Waals surface area (Å²) in [5.41, 5.74) is -0.438. The van der Waals surface area contributed by atoms with E-state index in [1.54, 1.807) is 0 Å². The molecule has 0 aliphatic carbocycles. The molecule has 1 unspecified atom stereocenters. The molecule has 0 aliphatic heterocycles. The normalized spacial score (nSPS) is 15.5. The first-order chi connectivity index (χ1) is 16.7. The standard InChI is InChI=1S/C16H8F16O5S/c17-9(18)11(21,22)13(25,26)15(29,30)16(31,32)14(27,28)12(23,24)10(19,20)5-36-38(35)37-7-3-1-6(2-4-7)8(33)34/h1-4,9H,5H2,(H,33,34). The Kier molecular flexibility index (Phi) is 9.02. The highest BCUT2D eigenvalue weighted by Gasteiger charge is 2.93. The fourth-order valence-electron chi connectivity index (χ4n) is 2.14. The molecular weight excluding hydrogens is 608 g/mol. The van der Waals surface area contributed by atoms with Crippen LogP contribution >= 0.6 is 0 Å². The number of aromatic carboxylic acids is 1. The van der Waals surface area contributed by atoms with Crippen LogP contribution in [-0.2, 0) is 15.5 Å². The van der Waals surface area contributed by atoms with Crippen LogP contribution in [-0.4, -0.2) is 69.8 Å². The molecule has 1 aromatic carbocycles. The van der Waals surface area contributed by atoms with Crippen LogP contribution in [0.4, 0.5) is 70.2 Å². The maximum absolute atomic E-state index is 13.7. The van der Waals surface area contributed by atoms with Gasteiger partial charge in [-0.2, -0.15) is 65.7 Å². The van der Waals surface area contributed by atoms with E-state index in [1.807, 2.05) is 0 Å². The third kappa shape index (κ3) is 5.32. The number of alkyl halides is 16. The lowest BCUT2D eigenvalue weighted by molar-refractivity contribution is -0.447. The summed E-state index contributed by atoms with van der Waals surface area (Å²) in [5.74, 6) is -58.2. The predicted molar refractivity (Wildman–Crippen MR) is 88.8 cm³/mol. The molecule has 1 aromatic rings. The third-order valence-electron chi connectivity index (χ3n) is 4.33. The van der Waals surface area contributed by atoms with Gasteiger partial charge in [-0.05, 0) is 24.3 Å². The second-order valence-electron chi connectivity index (χ2n) is 6.88. The fourth-order valence-corrected chi connectivity index (χ4v) is 2.70. The van der Waals surface area contributed by atoms with Crippen LogP contribution in [0.2, 0.25) is 0 Å². The van der Waals surface area contributed by atoms with Gasteiger partial charge in [-0.25, -0.2) is 13.6 Å². The van der Waals surface area contributed by atoms with Gasteiger partial charge >= 0.3 is 65.2 Å². The number of hydrogen-bond donors (Lipinski definition) is 1. The van der Waals surface area contributed by atoms with E-state index in [2.05, 4.69) is 8.37 Å². The van der Waals surface area contributed by atoms with Gasteiger partial charge in [0.15, 0.2) is 0 Å². The minimum atomic E-state index is -8.56. The Morgan fingerprint density at radius 1 is 0.737 bits per heavy atom. The van der Waals surface area contributed by atoms with Gasteiger partial charge < -0.3 is 9.29 Å². The molecule has 0 saturated carbocycles. The minimum Gasteiger partial charge on any atom is -0.478 e. The second kappa shape index (κ2) is 10.2. The summed E-state index contributed by atoms with van der Waals surface area (Å²) >= 11 is -3.71. The molecule has 1 atom stereocenters. The number of halogens is 16. The van der Waals surface area contributed by atoms with Crippen LogP contribution in [0.3, 0.4) is 0 Å². The Hall–Kier alpha value is -2.52. The van der Waals surface area contributed by atoms with Crippen molar-refractivity contribution in [1.29, 1.82) is 0 Å². The molecule has 220 valence electrons. The molecule has 5 nitrogen and oxygen atoms in total. The lowest BCUT2D eigenvalue weighted by atomic mass is 9.89. The number of carbonyl (C=O) groups is 1. The molecule has 0 radical (unpaired) electrons. The Labute approximate surface area is 201 Å². The van der Waals surface area contributed by atoms with Crippen LogP contribution in [0.25, 0.3) is 0 Å². The lowest BCUT2D eigenvalue weighted by Gasteiger charge is -2.42. The van der Waals surface area contributed by atoms with Crippen molar-refractivity contribution in [1.82, 2.24) is 0 Å². The molecule has 0 aliphatic rings. The van der Waals surface area contributed by atoms with E-state index in [-0.39, 0.29) is 0 Å². The first kappa shape index (κ1) is 33.5. The van der Waals surface area contributed by atoms with Crippen molar-refractivity contribution in [3.8, 4) is 5.75 Å². The third-order valence-corrected chi connectivity index (χ3v) is 4.97. The SMILES string of the molecule is O=C(O)c1ccc(OS(=O)OCC(F)(F)C(F)(F)C(F)(F)C(F)(F)C(F)(F)C(F)(F)C(F)(F)C(F)F)cc1. The van der Waals surface area contributed by atoms with Crippen LogP contribution in [0, 0.1) is 0 Å². The molecule has 0 aromatic heterocycles. The monoisotopic (exact) mass is 616 g/mol. The van der Waals surface area contributed by atoms with E-state index in [1.165, 1.54) is 0 Å². The quantitative estimate of drug-likeness (QED) is 0.273. The highest BCUT2D eigenvalue weighted by atomic mass is 32.2. The van der Waals surface area contributed by atoms with E-state index in [4.69, 9.17) is 5.11 Å². The van der Waals surface area contributed by atoms with Crippen LogP contribution in [0.5, 0.6) is 5.75 Å². The maximum atomic E-state index is 13.7. The molecule has 22 heteroatoms. The Bertz CT molecular complexity index is 1030. The number of rotatable bonds is 13. The zero-order valence-electron chi connectivity index (χ0n) is 17.1. The number of hydrogen-bond acceptors (Lipinski definition) is 4. The topological polar surface area (TPSA) is 72.8 Å². The zero-order valence-corrected chi connectivity index (χ0v) is 17.9. The van der Waals surface area contributed by atoms with Gasteiger partial charge in [0.25, 0.3) is 0 Å².